The van der Waals surface area contributed by atoms with Gasteiger partial charge in [0.15, 0.2) is 5.69 Å². The average Bonchev–Trinajstić information content (AvgIpc) is 3.18. The van der Waals surface area contributed by atoms with Crippen LogP contribution in [0, 0.1) is 11.7 Å². The van der Waals surface area contributed by atoms with E-state index >= 15 is 0 Å². The summed E-state index contributed by atoms with van der Waals surface area (Å²) in [6.45, 7) is 2.26. The zero-order valence-electron chi connectivity index (χ0n) is 19.3. The molecule has 0 spiro atoms. The van der Waals surface area contributed by atoms with Crippen LogP contribution in [0.3, 0.4) is 0 Å². The second kappa shape index (κ2) is 10.5. The molecule has 0 aliphatic heterocycles. The minimum absolute atomic E-state index is 0.0262. The number of rotatable bonds is 10. The second-order valence-corrected chi connectivity index (χ2v) is 9.37. The Morgan fingerprint density at radius 3 is 2.71 bits per heavy atom. The molecule has 2 aromatic carbocycles. The Labute approximate surface area is 207 Å². The van der Waals surface area contributed by atoms with Crippen molar-refractivity contribution < 1.29 is 18.8 Å². The molecular formula is C25H27ClFN5O3. The van der Waals surface area contributed by atoms with E-state index in [2.05, 4.69) is 17.3 Å². The van der Waals surface area contributed by atoms with Crippen LogP contribution in [-0.2, 0) is 22.7 Å². The summed E-state index contributed by atoms with van der Waals surface area (Å²) in [6.07, 6.45) is 2.30. The Balaban J connectivity index is 1.53. The lowest BCUT2D eigenvalue weighted by atomic mass is 9.80. The largest absolute Gasteiger partial charge is 0.364 e. The highest BCUT2D eigenvalue weighted by atomic mass is 35.5. The maximum Gasteiger partial charge on any atom is 0.269 e. The van der Waals surface area contributed by atoms with Crippen molar-refractivity contribution in [3.8, 4) is 0 Å². The number of para-hydroxylation sites is 1. The lowest BCUT2D eigenvalue weighted by Crippen LogP contribution is -2.56. The number of hydrogen-bond donors (Lipinski definition) is 2. The van der Waals surface area contributed by atoms with E-state index in [9.17, 15) is 18.8 Å². The zero-order chi connectivity index (χ0) is 25.1. The molecule has 0 radical (unpaired) electrons. The van der Waals surface area contributed by atoms with E-state index in [1.807, 2.05) is 0 Å². The van der Waals surface area contributed by atoms with Crippen molar-refractivity contribution in [1.82, 2.24) is 20.0 Å². The normalized spacial score (nSPS) is 18.1. The predicted octanol–water partition coefficient (Wildman–Crippen LogP) is 2.91. The first-order chi connectivity index (χ1) is 16.8. The summed E-state index contributed by atoms with van der Waals surface area (Å²) in [5, 5.41) is 7.94. The molecular weight excluding hydrogens is 473 g/mol. The fourth-order valence-corrected chi connectivity index (χ4v) is 4.83. The Kier molecular flexibility index (Phi) is 7.47. The van der Waals surface area contributed by atoms with Crippen LogP contribution >= 0.6 is 11.6 Å². The van der Waals surface area contributed by atoms with E-state index in [-0.39, 0.29) is 42.3 Å². The third-order valence-electron chi connectivity index (χ3n) is 6.42. The minimum Gasteiger partial charge on any atom is -0.364 e. The van der Waals surface area contributed by atoms with Crippen LogP contribution in [0.15, 0.2) is 42.5 Å². The summed E-state index contributed by atoms with van der Waals surface area (Å²) in [5.74, 6) is -1.04. The van der Waals surface area contributed by atoms with Gasteiger partial charge in [-0.15, -0.1) is 0 Å². The molecule has 1 aliphatic rings. The fourth-order valence-electron chi connectivity index (χ4n) is 4.64. The summed E-state index contributed by atoms with van der Waals surface area (Å²) in [6, 6.07) is 10.9. The SMILES string of the molecule is C[C@H]1C[C@@H](N(C(=O)Cn2nc(C(N)=O)c3ccccc32)C(C=O)CNCc2cccc(Cl)c2F)C1. The molecule has 1 heterocycles. The van der Waals surface area contributed by atoms with Crippen LogP contribution in [-0.4, -0.2) is 51.4 Å². The van der Waals surface area contributed by atoms with Gasteiger partial charge in [0.25, 0.3) is 5.91 Å². The molecule has 1 saturated carbocycles. The number of carbonyl (C=O) groups excluding carboxylic acids is 3. The number of carbonyl (C=O) groups is 3. The van der Waals surface area contributed by atoms with Crippen LogP contribution in [0.2, 0.25) is 5.02 Å². The lowest BCUT2D eigenvalue weighted by molar-refractivity contribution is -0.143. The molecule has 35 heavy (non-hydrogen) atoms. The zero-order valence-corrected chi connectivity index (χ0v) is 20.0. The van der Waals surface area contributed by atoms with Crippen LogP contribution in [0.1, 0.15) is 35.8 Å². The van der Waals surface area contributed by atoms with Crippen LogP contribution in [0.4, 0.5) is 4.39 Å². The Hall–Kier alpha value is -3.30. The molecule has 184 valence electrons. The molecule has 2 amide bonds. The molecule has 0 bridgehead atoms. The van der Waals surface area contributed by atoms with E-state index < -0.39 is 17.8 Å². The molecule has 1 aliphatic carbocycles. The number of nitrogens with zero attached hydrogens (tertiary/aromatic N) is 3. The predicted molar refractivity (Wildman–Crippen MR) is 130 cm³/mol. The first-order valence-electron chi connectivity index (χ1n) is 11.5. The van der Waals surface area contributed by atoms with Crippen molar-refractivity contribution in [3.05, 3.63) is 64.6 Å². The highest BCUT2D eigenvalue weighted by Gasteiger charge is 2.37. The number of nitrogens with two attached hydrogens (primary N) is 1. The smallest absolute Gasteiger partial charge is 0.269 e. The van der Waals surface area contributed by atoms with Gasteiger partial charge in [-0.05, 0) is 30.9 Å². The van der Waals surface area contributed by atoms with E-state index in [0.29, 0.717) is 22.4 Å². The van der Waals surface area contributed by atoms with Gasteiger partial charge in [0, 0.05) is 30.1 Å². The van der Waals surface area contributed by atoms with Gasteiger partial charge in [-0.25, -0.2) is 4.39 Å². The quantitative estimate of drug-likeness (QED) is 0.417. The highest BCUT2D eigenvalue weighted by molar-refractivity contribution is 6.30. The molecule has 8 nitrogen and oxygen atoms in total. The van der Waals surface area contributed by atoms with Crippen LogP contribution in [0.5, 0.6) is 0 Å². The number of nitrogens with one attached hydrogen (secondary N) is 1. The summed E-state index contributed by atoms with van der Waals surface area (Å²) in [5.41, 5.74) is 6.54. The van der Waals surface area contributed by atoms with Crippen molar-refractivity contribution in [3.63, 3.8) is 0 Å². The Morgan fingerprint density at radius 2 is 2.03 bits per heavy atom. The van der Waals surface area contributed by atoms with Gasteiger partial charge in [0.2, 0.25) is 5.91 Å². The number of aromatic nitrogens is 2. The van der Waals surface area contributed by atoms with E-state index in [1.165, 1.54) is 10.7 Å². The molecule has 1 fully saturated rings. The molecule has 0 saturated heterocycles. The number of benzene rings is 2. The van der Waals surface area contributed by atoms with Gasteiger partial charge in [-0.3, -0.25) is 14.3 Å². The molecule has 4 rings (SSSR count). The maximum atomic E-state index is 14.2. The number of primary amides is 1. The lowest BCUT2D eigenvalue weighted by Gasteiger charge is -2.44. The van der Waals surface area contributed by atoms with Gasteiger partial charge in [-0.1, -0.05) is 48.9 Å². The summed E-state index contributed by atoms with van der Waals surface area (Å²) in [4.78, 5) is 39.0. The molecule has 3 N–H and O–H groups in total. The van der Waals surface area contributed by atoms with Crippen molar-refractivity contribution in [2.45, 2.75) is 44.9 Å². The molecule has 3 aromatic rings. The summed E-state index contributed by atoms with van der Waals surface area (Å²) in [7, 11) is 0. The van der Waals surface area contributed by atoms with E-state index in [4.69, 9.17) is 17.3 Å². The number of fused-ring (bicyclic) bond motifs is 1. The first kappa shape index (κ1) is 24.8. The van der Waals surface area contributed by atoms with E-state index in [0.717, 1.165) is 19.1 Å². The van der Waals surface area contributed by atoms with Crippen molar-refractivity contribution in [2.24, 2.45) is 11.7 Å². The Morgan fingerprint density at radius 1 is 1.29 bits per heavy atom. The van der Waals surface area contributed by atoms with Gasteiger partial charge in [0.1, 0.15) is 24.7 Å². The highest BCUT2D eigenvalue weighted by Crippen LogP contribution is 2.32. The third-order valence-corrected chi connectivity index (χ3v) is 6.71. The van der Waals surface area contributed by atoms with Crippen molar-refractivity contribution in [2.75, 3.05) is 6.54 Å². The maximum absolute atomic E-state index is 14.2. The second-order valence-electron chi connectivity index (χ2n) is 8.97. The van der Waals surface area contributed by atoms with Crippen molar-refractivity contribution in [1.29, 1.82) is 0 Å². The molecule has 1 unspecified atom stereocenters. The molecule has 1 aromatic heterocycles. The fraction of sp³-hybridized carbons (Fsp3) is 0.360. The van der Waals surface area contributed by atoms with Crippen LogP contribution in [0.25, 0.3) is 10.9 Å². The number of aldehydes is 1. The number of halogens is 2. The Bertz CT molecular complexity index is 1260. The van der Waals surface area contributed by atoms with Gasteiger partial charge < -0.3 is 20.7 Å². The number of amides is 2. The topological polar surface area (TPSA) is 110 Å². The third kappa shape index (κ3) is 5.21. The van der Waals surface area contributed by atoms with E-state index in [1.54, 1.807) is 41.3 Å². The first-order valence-corrected chi connectivity index (χ1v) is 11.8. The van der Waals surface area contributed by atoms with Gasteiger partial charge >= 0.3 is 0 Å². The molecule has 1 atom stereocenters. The standard InChI is InChI=1S/C25H27ClFN5O3/c1-15-9-17(10-15)32(18(14-33)12-29-11-16-5-4-7-20(26)23(16)27)22(34)13-31-21-8-3-2-6-19(21)24(30-31)25(28)35/h2-8,14-15,17-18,29H,9-13H2,1H3,(H2,28,35)/t15-,17+,18?. The molecule has 10 heteroatoms. The van der Waals surface area contributed by atoms with Gasteiger partial charge in [0.05, 0.1) is 10.5 Å². The minimum atomic E-state index is -0.750. The van der Waals surface area contributed by atoms with Crippen LogP contribution < -0.4 is 11.1 Å². The van der Waals surface area contributed by atoms with Crippen molar-refractivity contribution >= 4 is 40.6 Å². The monoisotopic (exact) mass is 499 g/mol. The summed E-state index contributed by atoms with van der Waals surface area (Å²) >= 11 is 5.85. The number of hydrogen-bond acceptors (Lipinski definition) is 5. The summed E-state index contributed by atoms with van der Waals surface area (Å²) < 4.78 is 15.7. The van der Waals surface area contributed by atoms with Gasteiger partial charge in [-0.2, -0.15) is 5.10 Å². The average molecular weight is 500 g/mol.